The van der Waals surface area contributed by atoms with Crippen LogP contribution < -0.4 is 10.6 Å². The van der Waals surface area contributed by atoms with Crippen LogP contribution in [-0.2, 0) is 21.9 Å². The molecule has 27 heavy (non-hydrogen) atoms. The third-order valence-corrected chi connectivity index (χ3v) is 6.22. The second-order valence-electron chi connectivity index (χ2n) is 6.50. The van der Waals surface area contributed by atoms with Crippen molar-refractivity contribution in [3.8, 4) is 0 Å². The molecule has 0 radical (unpaired) electrons. The quantitative estimate of drug-likeness (QED) is 0.816. The Morgan fingerprint density at radius 2 is 1.67 bits per heavy atom. The lowest BCUT2D eigenvalue weighted by molar-refractivity contribution is -0.114. The van der Waals surface area contributed by atoms with E-state index in [0.717, 1.165) is 12.8 Å². The Balaban J connectivity index is 1.80. The van der Waals surface area contributed by atoms with Crippen LogP contribution in [0, 0.1) is 0 Å². The minimum absolute atomic E-state index is 0.115. The molecule has 144 valence electrons. The van der Waals surface area contributed by atoms with Crippen LogP contribution in [0.2, 0.25) is 0 Å². The van der Waals surface area contributed by atoms with Crippen molar-refractivity contribution in [1.82, 2.24) is 8.87 Å². The van der Waals surface area contributed by atoms with Crippen molar-refractivity contribution in [2.75, 3.05) is 23.7 Å². The minimum atomic E-state index is -3.58. The highest BCUT2D eigenvalue weighted by Crippen LogP contribution is 2.23. The fraction of sp³-hybridized carbons (Fsp3) is 0.333. The van der Waals surface area contributed by atoms with Gasteiger partial charge in [0.1, 0.15) is 10.6 Å². The third kappa shape index (κ3) is 4.20. The summed E-state index contributed by atoms with van der Waals surface area (Å²) in [5.41, 5.74) is 1.29. The van der Waals surface area contributed by atoms with Gasteiger partial charge in [0.15, 0.2) is 0 Å². The summed E-state index contributed by atoms with van der Waals surface area (Å²) in [7, 11) is -1.95. The molecule has 0 unspecified atom stereocenters. The molecule has 0 spiro atoms. The van der Waals surface area contributed by atoms with E-state index < -0.39 is 15.9 Å². The zero-order valence-electron chi connectivity index (χ0n) is 15.2. The number of rotatable bonds is 5. The number of hydrogen-bond donors (Lipinski definition) is 2. The van der Waals surface area contributed by atoms with Gasteiger partial charge in [-0.3, -0.25) is 9.59 Å². The van der Waals surface area contributed by atoms with E-state index in [2.05, 4.69) is 10.6 Å². The predicted molar refractivity (Wildman–Crippen MR) is 102 cm³/mol. The number of nitrogens with one attached hydrogen (secondary N) is 2. The van der Waals surface area contributed by atoms with Crippen molar-refractivity contribution in [2.45, 2.75) is 24.7 Å². The van der Waals surface area contributed by atoms with Crippen molar-refractivity contribution in [1.29, 1.82) is 0 Å². The second-order valence-corrected chi connectivity index (χ2v) is 8.44. The average molecular weight is 390 g/mol. The van der Waals surface area contributed by atoms with Crippen LogP contribution in [0.15, 0.2) is 41.4 Å². The van der Waals surface area contributed by atoms with Crippen molar-refractivity contribution >= 4 is 33.2 Å². The van der Waals surface area contributed by atoms with Crippen molar-refractivity contribution < 1.29 is 18.0 Å². The average Bonchev–Trinajstić information content (AvgIpc) is 3.24. The molecule has 1 aliphatic rings. The predicted octanol–water partition coefficient (Wildman–Crippen LogP) is 2.02. The summed E-state index contributed by atoms with van der Waals surface area (Å²) in [4.78, 5) is 23.9. The standard InChI is InChI=1S/C18H22N4O4S/c1-13(23)19-14-6-5-7-15(10-14)20-18(24)17-11-16(12-21(17)2)27(25,26)22-8-3-4-9-22/h5-7,10-12H,3-4,8-9H2,1-2H3,(H,19,23)(H,20,24). The molecule has 1 aliphatic heterocycles. The lowest BCUT2D eigenvalue weighted by Crippen LogP contribution is -2.27. The first-order valence-corrected chi connectivity index (χ1v) is 10.1. The number of carbonyl (C=O) groups is 2. The summed E-state index contributed by atoms with van der Waals surface area (Å²) in [6.07, 6.45) is 3.16. The van der Waals surface area contributed by atoms with E-state index in [4.69, 9.17) is 0 Å². The van der Waals surface area contributed by atoms with Gasteiger partial charge in [0.25, 0.3) is 5.91 Å². The number of hydrogen-bond acceptors (Lipinski definition) is 4. The van der Waals surface area contributed by atoms with Gasteiger partial charge in [-0.05, 0) is 37.1 Å². The highest BCUT2D eigenvalue weighted by atomic mass is 32.2. The number of amides is 2. The van der Waals surface area contributed by atoms with Gasteiger partial charge in [-0.2, -0.15) is 4.31 Å². The van der Waals surface area contributed by atoms with Gasteiger partial charge in [0, 0.05) is 44.6 Å². The zero-order valence-corrected chi connectivity index (χ0v) is 16.0. The van der Waals surface area contributed by atoms with E-state index >= 15 is 0 Å². The first kappa shape index (κ1) is 19.1. The number of aryl methyl sites for hydroxylation is 1. The number of sulfonamides is 1. The molecule has 2 amide bonds. The molecule has 3 rings (SSSR count). The highest BCUT2D eigenvalue weighted by Gasteiger charge is 2.29. The second kappa shape index (κ2) is 7.53. The molecule has 2 heterocycles. The zero-order chi connectivity index (χ0) is 19.6. The van der Waals surface area contributed by atoms with Gasteiger partial charge < -0.3 is 15.2 Å². The summed E-state index contributed by atoms with van der Waals surface area (Å²) in [5.74, 6) is -0.641. The van der Waals surface area contributed by atoms with Crippen LogP contribution in [0.5, 0.6) is 0 Å². The molecule has 2 aromatic rings. The van der Waals surface area contributed by atoms with Crippen molar-refractivity contribution in [3.05, 3.63) is 42.2 Å². The fourth-order valence-corrected chi connectivity index (χ4v) is 4.64. The van der Waals surface area contributed by atoms with Crippen LogP contribution in [0.1, 0.15) is 30.3 Å². The van der Waals surface area contributed by atoms with E-state index in [1.165, 1.54) is 28.1 Å². The Hall–Kier alpha value is -2.65. The van der Waals surface area contributed by atoms with Crippen LogP contribution in [-0.4, -0.2) is 42.2 Å². The number of nitrogens with zero attached hydrogens (tertiary/aromatic N) is 2. The number of anilines is 2. The number of benzene rings is 1. The van der Waals surface area contributed by atoms with Gasteiger partial charge in [-0.25, -0.2) is 8.42 Å². The van der Waals surface area contributed by atoms with Crippen LogP contribution in [0.25, 0.3) is 0 Å². The maximum absolute atomic E-state index is 12.7. The Labute approximate surface area is 158 Å². The Bertz CT molecular complexity index is 975. The summed E-state index contributed by atoms with van der Waals surface area (Å²) in [6, 6.07) is 8.12. The molecule has 8 nitrogen and oxygen atoms in total. The highest BCUT2D eigenvalue weighted by molar-refractivity contribution is 7.89. The van der Waals surface area contributed by atoms with Crippen molar-refractivity contribution in [3.63, 3.8) is 0 Å². The van der Waals surface area contributed by atoms with E-state index in [1.807, 2.05) is 0 Å². The number of aromatic nitrogens is 1. The molecule has 1 fully saturated rings. The topological polar surface area (TPSA) is 101 Å². The maximum atomic E-state index is 12.7. The van der Waals surface area contributed by atoms with E-state index in [9.17, 15) is 18.0 Å². The Morgan fingerprint density at radius 1 is 1.04 bits per heavy atom. The summed E-state index contributed by atoms with van der Waals surface area (Å²) >= 11 is 0. The van der Waals surface area contributed by atoms with Crippen molar-refractivity contribution in [2.24, 2.45) is 7.05 Å². The lowest BCUT2D eigenvalue weighted by atomic mass is 10.2. The SMILES string of the molecule is CC(=O)Nc1cccc(NC(=O)c2cc(S(=O)(=O)N3CCCC3)cn2C)c1. The van der Waals surface area contributed by atoms with E-state index in [0.29, 0.717) is 24.5 Å². The molecule has 2 N–H and O–H groups in total. The smallest absolute Gasteiger partial charge is 0.272 e. The fourth-order valence-electron chi connectivity index (χ4n) is 3.05. The summed E-state index contributed by atoms with van der Waals surface area (Å²) < 4.78 is 28.3. The molecule has 1 aromatic heterocycles. The first-order valence-electron chi connectivity index (χ1n) is 8.63. The van der Waals surface area contributed by atoms with Gasteiger partial charge in [0.05, 0.1) is 0 Å². The van der Waals surface area contributed by atoms with Gasteiger partial charge in [0.2, 0.25) is 15.9 Å². The van der Waals surface area contributed by atoms with E-state index in [1.54, 1.807) is 31.3 Å². The Kier molecular flexibility index (Phi) is 5.33. The molecule has 0 atom stereocenters. The maximum Gasteiger partial charge on any atom is 0.272 e. The molecule has 1 aromatic carbocycles. The first-order chi connectivity index (χ1) is 12.8. The molecular formula is C18H22N4O4S. The molecule has 1 saturated heterocycles. The summed E-state index contributed by atoms with van der Waals surface area (Å²) in [6.45, 7) is 2.42. The van der Waals surface area contributed by atoms with Crippen LogP contribution in [0.3, 0.4) is 0 Å². The Morgan fingerprint density at radius 3 is 2.30 bits per heavy atom. The van der Waals surface area contributed by atoms with Gasteiger partial charge >= 0.3 is 0 Å². The van der Waals surface area contributed by atoms with Crippen LogP contribution >= 0.6 is 0 Å². The van der Waals surface area contributed by atoms with Gasteiger partial charge in [-0.15, -0.1) is 0 Å². The normalized spacial score (nSPS) is 14.9. The van der Waals surface area contributed by atoms with E-state index in [-0.39, 0.29) is 16.5 Å². The monoisotopic (exact) mass is 390 g/mol. The molecule has 0 aliphatic carbocycles. The minimum Gasteiger partial charge on any atom is -0.345 e. The molecule has 0 bridgehead atoms. The number of carbonyl (C=O) groups excluding carboxylic acids is 2. The largest absolute Gasteiger partial charge is 0.345 e. The third-order valence-electron chi connectivity index (χ3n) is 4.36. The molecule has 9 heteroatoms. The molecule has 0 saturated carbocycles. The van der Waals surface area contributed by atoms with Gasteiger partial charge in [-0.1, -0.05) is 6.07 Å². The molecular weight excluding hydrogens is 368 g/mol. The van der Waals surface area contributed by atoms with Crippen LogP contribution in [0.4, 0.5) is 11.4 Å². The lowest BCUT2D eigenvalue weighted by Gasteiger charge is -2.13. The summed E-state index contributed by atoms with van der Waals surface area (Å²) in [5, 5.41) is 5.37.